The van der Waals surface area contributed by atoms with E-state index in [1.807, 2.05) is 0 Å². The van der Waals surface area contributed by atoms with Gasteiger partial charge in [-0.25, -0.2) is 4.79 Å². The molecule has 0 aliphatic rings. The minimum absolute atomic E-state index is 0.0303. The van der Waals surface area contributed by atoms with Crippen molar-refractivity contribution < 1.29 is 77.6 Å². The van der Waals surface area contributed by atoms with Crippen LogP contribution in [0.5, 0.6) is 0 Å². The van der Waals surface area contributed by atoms with Gasteiger partial charge in [0.15, 0.2) is 5.96 Å². The van der Waals surface area contributed by atoms with Crippen LogP contribution in [0.2, 0.25) is 0 Å². The van der Waals surface area contributed by atoms with Gasteiger partial charge >= 0.3 is 17.9 Å². The average molecular weight is 1180 g/mol. The topological polar surface area (TPSA) is 533 Å². The summed E-state index contributed by atoms with van der Waals surface area (Å²) in [5, 5.41) is 51.1. The SMILES string of the molecule is CC[C@H](C)[C@H](NC(=O)[C@H](CC(=O)O)NC(=O)[C@H](CCCCN)NC(=O)[C@H](CC(C)C)NC(=O)[C@@H](NC(=O)[C@H](CCC(=O)O)NC(=O)[C@H](C)NC(=O)[C@@H](NC(=O)[C@H](CC(N)=O)NC(=O)[C@@H](N)CCCN=C(N)N)[C@@H](C)CC)[C@@H](C)CC)C(=O)O. The van der Waals surface area contributed by atoms with Crippen molar-refractivity contribution >= 4 is 82.9 Å². The summed E-state index contributed by atoms with van der Waals surface area (Å²) < 4.78 is 0. The van der Waals surface area contributed by atoms with E-state index in [-0.39, 0.29) is 57.1 Å². The normalized spacial score (nSPS) is 15.8. The first-order valence-electron chi connectivity index (χ1n) is 27.9. The fraction of sp³-hybridized carbons (Fsp3) is 0.731. The van der Waals surface area contributed by atoms with E-state index < -0.39 is 181 Å². The standard InChI is InChI=1S/C52H93N15O16/c1-10-26(6)39(66-47(78)34(23-36(55)68)62-43(74)30(54)16-15-21-58-52(56)57)49(80)59-29(9)42(73)60-32(18-19-37(69)70)45(76)65-40(27(7)11-2)50(81)64-33(22-25(4)5)46(77)61-31(17-13-14-20-53)44(75)63-35(24-38(71)72)48(79)67-41(51(82)83)28(8)12-3/h25-35,39-41H,10-24,53-54H2,1-9H3,(H2,55,68)(H,59,80)(H,60,73)(H,61,77)(H,62,74)(H,63,75)(H,64,81)(H,65,76)(H,66,78)(H,67,79)(H,69,70)(H,71,72)(H,82,83)(H4,56,57,58)/t26-,27-,28-,29-,30-,31-,32-,33-,34-,35-,39-,40-,41-/m0/s1. The molecular formula is C52H93N15O16. The predicted octanol–water partition coefficient (Wildman–Crippen LogP) is -3.64. The number of hydrogen-bond donors (Lipinski definition) is 17. The van der Waals surface area contributed by atoms with Crippen LogP contribution in [0.1, 0.15) is 146 Å². The minimum Gasteiger partial charge on any atom is -0.481 e. The van der Waals surface area contributed by atoms with Crippen molar-refractivity contribution in [1.82, 2.24) is 47.9 Å². The molecule has 0 heterocycles. The zero-order valence-electron chi connectivity index (χ0n) is 49.2. The number of carbonyl (C=O) groups excluding carboxylic acids is 10. The van der Waals surface area contributed by atoms with E-state index in [2.05, 4.69) is 52.8 Å². The van der Waals surface area contributed by atoms with Crippen LogP contribution in [0.3, 0.4) is 0 Å². The third-order valence-electron chi connectivity index (χ3n) is 13.7. The Balaban J connectivity index is 6.68. The number of aliphatic imine (C=N–C) groups is 1. The monoisotopic (exact) mass is 1180 g/mol. The maximum Gasteiger partial charge on any atom is 0.326 e. The van der Waals surface area contributed by atoms with Crippen molar-refractivity contribution in [2.24, 2.45) is 57.3 Å². The summed E-state index contributed by atoms with van der Waals surface area (Å²) in [6.07, 6.45) is -1.00. The zero-order chi connectivity index (χ0) is 63.8. The molecule has 0 aromatic heterocycles. The van der Waals surface area contributed by atoms with Crippen molar-refractivity contribution in [1.29, 1.82) is 0 Å². The van der Waals surface area contributed by atoms with Crippen LogP contribution in [0.25, 0.3) is 0 Å². The highest BCUT2D eigenvalue weighted by molar-refractivity contribution is 5.99. The molecule has 83 heavy (non-hydrogen) atoms. The van der Waals surface area contributed by atoms with Gasteiger partial charge in [-0.05, 0) is 82.1 Å². The van der Waals surface area contributed by atoms with E-state index in [4.69, 9.17) is 28.7 Å². The second kappa shape index (κ2) is 38.9. The molecule has 0 spiro atoms. The Bertz CT molecular complexity index is 2250. The fourth-order valence-corrected chi connectivity index (χ4v) is 8.04. The third-order valence-corrected chi connectivity index (χ3v) is 13.7. The van der Waals surface area contributed by atoms with Gasteiger partial charge in [0, 0.05) is 13.0 Å². The highest BCUT2D eigenvalue weighted by Gasteiger charge is 2.38. The number of nitrogens with zero attached hydrogens (tertiary/aromatic N) is 1. The van der Waals surface area contributed by atoms with E-state index in [0.29, 0.717) is 25.7 Å². The van der Waals surface area contributed by atoms with Gasteiger partial charge < -0.3 is 91.8 Å². The number of primary amides is 1. The zero-order valence-corrected chi connectivity index (χ0v) is 49.2. The number of carboxylic acid groups (broad SMARTS) is 3. The molecule has 0 bridgehead atoms. The molecular weight excluding hydrogens is 1090 g/mol. The highest BCUT2D eigenvalue weighted by Crippen LogP contribution is 2.15. The number of nitrogens with two attached hydrogens (primary N) is 5. The molecule has 0 radical (unpaired) electrons. The molecule has 13 atom stereocenters. The molecule has 22 N–H and O–H groups in total. The Morgan fingerprint density at radius 2 is 0.867 bits per heavy atom. The van der Waals surface area contributed by atoms with Crippen LogP contribution < -0.4 is 76.5 Å². The van der Waals surface area contributed by atoms with Gasteiger partial charge in [-0.15, -0.1) is 0 Å². The summed E-state index contributed by atoms with van der Waals surface area (Å²) in [4.78, 5) is 175. The van der Waals surface area contributed by atoms with Gasteiger partial charge in [0.2, 0.25) is 59.1 Å². The summed E-state index contributed by atoms with van der Waals surface area (Å²) in [6, 6.07) is -14.7. The van der Waals surface area contributed by atoms with Crippen LogP contribution in [-0.2, 0) is 62.3 Å². The molecule has 31 nitrogen and oxygen atoms in total. The number of guanidine groups is 1. The summed E-state index contributed by atoms with van der Waals surface area (Å²) >= 11 is 0. The van der Waals surface area contributed by atoms with Gasteiger partial charge in [0.05, 0.1) is 18.9 Å². The van der Waals surface area contributed by atoms with E-state index in [9.17, 15) is 77.6 Å². The largest absolute Gasteiger partial charge is 0.481 e. The molecule has 0 aliphatic carbocycles. The number of carboxylic acids is 3. The lowest BCUT2D eigenvalue weighted by Gasteiger charge is -2.30. The van der Waals surface area contributed by atoms with Gasteiger partial charge in [-0.2, -0.15) is 0 Å². The molecule has 0 aromatic carbocycles. The number of amides is 10. The molecule has 0 unspecified atom stereocenters. The van der Waals surface area contributed by atoms with Gasteiger partial charge in [-0.1, -0.05) is 74.7 Å². The third kappa shape index (κ3) is 29.2. The molecule has 0 saturated heterocycles. The van der Waals surface area contributed by atoms with Crippen LogP contribution in [-0.4, -0.2) is 172 Å². The van der Waals surface area contributed by atoms with Crippen molar-refractivity contribution in [2.45, 2.75) is 206 Å². The lowest BCUT2D eigenvalue weighted by molar-refractivity contribution is -0.145. The molecule has 0 rings (SSSR count). The Kier molecular flexibility index (Phi) is 35.3. The smallest absolute Gasteiger partial charge is 0.326 e. The summed E-state index contributed by atoms with van der Waals surface area (Å²) in [6.45, 7) is 14.9. The predicted molar refractivity (Wildman–Crippen MR) is 302 cm³/mol. The summed E-state index contributed by atoms with van der Waals surface area (Å²) in [5.74, 6) is -16.2. The first-order valence-corrected chi connectivity index (χ1v) is 27.9. The second-order valence-corrected chi connectivity index (χ2v) is 21.2. The quantitative estimate of drug-likeness (QED) is 0.0159. The highest BCUT2D eigenvalue weighted by atomic mass is 16.4. The Hall–Kier alpha value is -7.70. The molecule has 0 fully saturated rings. The van der Waals surface area contributed by atoms with Gasteiger partial charge in [0.1, 0.15) is 54.4 Å². The first kappa shape index (κ1) is 75.3. The lowest BCUT2D eigenvalue weighted by Crippen LogP contribution is -2.61. The van der Waals surface area contributed by atoms with Crippen LogP contribution in [0, 0.1) is 23.7 Å². The van der Waals surface area contributed by atoms with Gasteiger partial charge in [0.25, 0.3) is 0 Å². The summed E-state index contributed by atoms with van der Waals surface area (Å²) in [7, 11) is 0. The average Bonchev–Trinajstić information content (AvgIpc) is 3.49. The van der Waals surface area contributed by atoms with E-state index >= 15 is 0 Å². The van der Waals surface area contributed by atoms with Gasteiger partial charge in [-0.3, -0.25) is 62.5 Å². The number of carbonyl (C=O) groups is 13. The Labute approximate surface area is 483 Å². The fourth-order valence-electron chi connectivity index (χ4n) is 8.04. The molecule has 0 aliphatic heterocycles. The lowest BCUT2D eigenvalue weighted by atomic mass is 9.96. The molecule has 0 saturated carbocycles. The maximum atomic E-state index is 14.3. The maximum absolute atomic E-state index is 14.3. The number of rotatable bonds is 42. The van der Waals surface area contributed by atoms with E-state index in [0.717, 1.165) is 0 Å². The summed E-state index contributed by atoms with van der Waals surface area (Å²) in [5.41, 5.74) is 27.7. The molecule has 31 heteroatoms. The molecule has 10 amide bonds. The molecule has 472 valence electrons. The number of aliphatic carboxylic acids is 3. The van der Waals surface area contributed by atoms with Crippen molar-refractivity contribution in [2.75, 3.05) is 13.1 Å². The van der Waals surface area contributed by atoms with Crippen LogP contribution in [0.15, 0.2) is 4.99 Å². The van der Waals surface area contributed by atoms with E-state index in [1.54, 1.807) is 55.4 Å². The van der Waals surface area contributed by atoms with Crippen LogP contribution in [0.4, 0.5) is 0 Å². The second-order valence-electron chi connectivity index (χ2n) is 21.2. The van der Waals surface area contributed by atoms with E-state index in [1.165, 1.54) is 6.92 Å². The number of nitrogens with one attached hydrogen (secondary N) is 9. The molecule has 0 aromatic rings. The van der Waals surface area contributed by atoms with Crippen molar-refractivity contribution in [3.05, 3.63) is 0 Å². The Morgan fingerprint density at radius 1 is 0.446 bits per heavy atom. The van der Waals surface area contributed by atoms with Crippen molar-refractivity contribution in [3.8, 4) is 0 Å². The Morgan fingerprint density at radius 3 is 1.34 bits per heavy atom. The van der Waals surface area contributed by atoms with Crippen LogP contribution >= 0.6 is 0 Å². The number of unbranched alkanes of at least 4 members (excludes halogenated alkanes) is 1. The number of hydrogen-bond acceptors (Lipinski definition) is 16. The minimum atomic E-state index is -1.77. The first-order chi connectivity index (χ1) is 38.7. The van der Waals surface area contributed by atoms with Crippen molar-refractivity contribution in [3.63, 3.8) is 0 Å².